The van der Waals surface area contributed by atoms with Gasteiger partial charge in [-0.2, -0.15) is 0 Å². The van der Waals surface area contributed by atoms with Crippen LogP contribution < -0.4 is 9.47 Å². The van der Waals surface area contributed by atoms with Crippen LogP contribution in [0, 0.1) is 0 Å². The van der Waals surface area contributed by atoms with E-state index in [0.29, 0.717) is 30.9 Å². The minimum atomic E-state index is -0.957. The number of rotatable bonds is 5. The Labute approximate surface area is 128 Å². The van der Waals surface area contributed by atoms with Crippen molar-refractivity contribution in [3.8, 4) is 11.5 Å². The molecule has 1 N–H and O–H groups in total. The number of carboxylic acid groups (broad SMARTS) is 1. The number of amides is 1. The summed E-state index contributed by atoms with van der Waals surface area (Å²) in [4.78, 5) is 24.7. The van der Waals surface area contributed by atoms with Crippen LogP contribution >= 0.6 is 0 Å². The Kier molecular flexibility index (Phi) is 5.04. The maximum absolute atomic E-state index is 12.2. The number of benzene rings is 1. The van der Waals surface area contributed by atoms with Crippen LogP contribution in [0.2, 0.25) is 0 Å². The Bertz CT molecular complexity index is 596. The van der Waals surface area contributed by atoms with Gasteiger partial charge < -0.3 is 19.5 Å². The summed E-state index contributed by atoms with van der Waals surface area (Å²) in [5, 5.41) is 9.11. The van der Waals surface area contributed by atoms with Crippen LogP contribution in [-0.2, 0) is 9.59 Å². The highest BCUT2D eigenvalue weighted by Crippen LogP contribution is 2.26. The highest BCUT2D eigenvalue weighted by Gasteiger charge is 2.32. The molecule has 0 bridgehead atoms. The standard InChI is InChI=1S/C16H19NO5/c1-21-12-7-5-11(14(10-12)22-2)6-8-15(18)17-9-3-4-13(17)16(19)20/h5-8,10,13H,3-4,9H2,1-2H3,(H,19,20)/b8-6+/t13-/m1/s1. The molecule has 0 aliphatic carbocycles. The van der Waals surface area contributed by atoms with E-state index in [4.69, 9.17) is 14.6 Å². The van der Waals surface area contributed by atoms with E-state index in [9.17, 15) is 9.59 Å². The predicted octanol–water partition coefficient (Wildman–Crippen LogP) is 1.79. The number of methoxy groups -OCH3 is 2. The van der Waals surface area contributed by atoms with Crippen LogP contribution in [0.1, 0.15) is 18.4 Å². The lowest BCUT2D eigenvalue weighted by molar-refractivity contribution is -0.146. The van der Waals surface area contributed by atoms with Gasteiger partial charge in [0.1, 0.15) is 17.5 Å². The molecule has 1 fully saturated rings. The van der Waals surface area contributed by atoms with E-state index in [1.807, 2.05) is 0 Å². The SMILES string of the molecule is COc1ccc(/C=C/C(=O)N2CCC[C@@H]2C(=O)O)c(OC)c1. The summed E-state index contributed by atoms with van der Waals surface area (Å²) in [6, 6.07) is 4.54. The zero-order valence-corrected chi connectivity index (χ0v) is 12.6. The van der Waals surface area contributed by atoms with E-state index in [0.717, 1.165) is 5.56 Å². The molecule has 0 spiro atoms. The summed E-state index contributed by atoms with van der Waals surface area (Å²) < 4.78 is 10.4. The van der Waals surface area contributed by atoms with Gasteiger partial charge in [0.15, 0.2) is 0 Å². The largest absolute Gasteiger partial charge is 0.497 e. The number of carbonyl (C=O) groups excluding carboxylic acids is 1. The van der Waals surface area contributed by atoms with Gasteiger partial charge in [-0.1, -0.05) is 0 Å². The maximum atomic E-state index is 12.2. The van der Waals surface area contributed by atoms with Crippen molar-refractivity contribution >= 4 is 18.0 Å². The number of nitrogens with zero attached hydrogens (tertiary/aromatic N) is 1. The smallest absolute Gasteiger partial charge is 0.326 e. The topological polar surface area (TPSA) is 76.1 Å². The highest BCUT2D eigenvalue weighted by molar-refractivity contribution is 5.95. The van der Waals surface area contributed by atoms with E-state index in [2.05, 4.69) is 0 Å². The first kappa shape index (κ1) is 15.9. The molecule has 0 radical (unpaired) electrons. The molecule has 22 heavy (non-hydrogen) atoms. The van der Waals surface area contributed by atoms with E-state index in [1.165, 1.54) is 18.1 Å². The molecule has 1 amide bonds. The molecule has 6 nitrogen and oxygen atoms in total. The van der Waals surface area contributed by atoms with Crippen LogP contribution in [0.25, 0.3) is 6.08 Å². The molecule has 1 atom stereocenters. The van der Waals surface area contributed by atoms with Crippen molar-refractivity contribution in [3.63, 3.8) is 0 Å². The second kappa shape index (κ2) is 6.98. The molecule has 1 aliphatic heterocycles. The number of hydrogen-bond donors (Lipinski definition) is 1. The molecule has 2 rings (SSSR count). The van der Waals surface area contributed by atoms with Crippen molar-refractivity contribution in [2.45, 2.75) is 18.9 Å². The Balaban J connectivity index is 2.14. The Morgan fingerprint density at radius 2 is 2.09 bits per heavy atom. The number of carboxylic acids is 1. The van der Waals surface area contributed by atoms with Gasteiger partial charge in [0.25, 0.3) is 0 Å². The van der Waals surface area contributed by atoms with Crippen molar-refractivity contribution in [2.24, 2.45) is 0 Å². The molecule has 1 aliphatic rings. The first-order valence-electron chi connectivity index (χ1n) is 7.00. The third-order valence-corrected chi connectivity index (χ3v) is 3.67. The predicted molar refractivity (Wildman–Crippen MR) is 81.0 cm³/mol. The Morgan fingerprint density at radius 1 is 1.32 bits per heavy atom. The lowest BCUT2D eigenvalue weighted by Crippen LogP contribution is -2.39. The van der Waals surface area contributed by atoms with Gasteiger partial charge in [0, 0.05) is 24.3 Å². The molecule has 0 aromatic heterocycles. The summed E-state index contributed by atoms with van der Waals surface area (Å²) in [5.74, 6) is -0.0190. The third-order valence-electron chi connectivity index (χ3n) is 3.67. The fourth-order valence-corrected chi connectivity index (χ4v) is 2.50. The molecule has 118 valence electrons. The minimum absolute atomic E-state index is 0.303. The van der Waals surface area contributed by atoms with Crippen LogP contribution in [0.3, 0.4) is 0 Å². The van der Waals surface area contributed by atoms with Crippen LogP contribution in [-0.4, -0.2) is 48.7 Å². The summed E-state index contributed by atoms with van der Waals surface area (Å²) >= 11 is 0. The summed E-state index contributed by atoms with van der Waals surface area (Å²) in [6.45, 7) is 0.472. The van der Waals surface area contributed by atoms with Crippen LogP contribution in [0.4, 0.5) is 0 Å². The van der Waals surface area contributed by atoms with E-state index < -0.39 is 12.0 Å². The van der Waals surface area contributed by atoms with Crippen LogP contribution in [0.15, 0.2) is 24.3 Å². The molecule has 0 unspecified atom stereocenters. The van der Waals surface area contributed by atoms with Crippen molar-refractivity contribution in [1.82, 2.24) is 4.90 Å². The monoisotopic (exact) mass is 305 g/mol. The van der Waals surface area contributed by atoms with Crippen molar-refractivity contribution in [3.05, 3.63) is 29.8 Å². The van der Waals surface area contributed by atoms with Gasteiger partial charge in [0.05, 0.1) is 14.2 Å². The fraction of sp³-hybridized carbons (Fsp3) is 0.375. The van der Waals surface area contributed by atoms with Crippen molar-refractivity contribution < 1.29 is 24.2 Å². The van der Waals surface area contributed by atoms with Gasteiger partial charge in [-0.05, 0) is 31.1 Å². The number of hydrogen-bond acceptors (Lipinski definition) is 4. The Hall–Kier alpha value is -2.50. The second-order valence-corrected chi connectivity index (χ2v) is 4.97. The van der Waals surface area contributed by atoms with Gasteiger partial charge in [-0.25, -0.2) is 4.79 Å². The van der Waals surface area contributed by atoms with Gasteiger partial charge >= 0.3 is 5.97 Å². The average molecular weight is 305 g/mol. The van der Waals surface area contributed by atoms with Gasteiger partial charge in [-0.3, -0.25) is 4.79 Å². The van der Waals surface area contributed by atoms with Gasteiger partial charge in [0.2, 0.25) is 5.91 Å². The number of aliphatic carboxylic acids is 1. The minimum Gasteiger partial charge on any atom is -0.497 e. The van der Waals surface area contributed by atoms with E-state index in [1.54, 1.807) is 31.4 Å². The molecule has 1 aromatic rings. The summed E-state index contributed by atoms with van der Waals surface area (Å²) in [6.07, 6.45) is 4.21. The van der Waals surface area contributed by atoms with Crippen molar-refractivity contribution in [2.75, 3.05) is 20.8 Å². The molecule has 1 heterocycles. The molecule has 0 saturated carbocycles. The van der Waals surface area contributed by atoms with E-state index in [-0.39, 0.29) is 5.91 Å². The molecular formula is C16H19NO5. The fourth-order valence-electron chi connectivity index (χ4n) is 2.50. The molecule has 1 saturated heterocycles. The molecular weight excluding hydrogens is 286 g/mol. The number of ether oxygens (including phenoxy) is 2. The summed E-state index contributed by atoms with van der Waals surface area (Å²) in [5.41, 5.74) is 0.725. The lowest BCUT2D eigenvalue weighted by Gasteiger charge is -2.19. The number of carbonyl (C=O) groups is 2. The first-order valence-corrected chi connectivity index (χ1v) is 7.00. The normalized spacial score (nSPS) is 17.7. The van der Waals surface area contributed by atoms with E-state index >= 15 is 0 Å². The first-order chi connectivity index (χ1) is 10.6. The number of likely N-dealkylation sites (tertiary alicyclic amines) is 1. The van der Waals surface area contributed by atoms with Crippen molar-refractivity contribution in [1.29, 1.82) is 0 Å². The van der Waals surface area contributed by atoms with Crippen LogP contribution in [0.5, 0.6) is 11.5 Å². The quantitative estimate of drug-likeness (QED) is 0.839. The van der Waals surface area contributed by atoms with Gasteiger partial charge in [-0.15, -0.1) is 0 Å². The molecule has 1 aromatic carbocycles. The highest BCUT2D eigenvalue weighted by atomic mass is 16.5. The lowest BCUT2D eigenvalue weighted by atomic mass is 10.1. The third kappa shape index (κ3) is 3.39. The zero-order chi connectivity index (χ0) is 16.1. The summed E-state index contributed by atoms with van der Waals surface area (Å²) in [7, 11) is 3.10. The second-order valence-electron chi connectivity index (χ2n) is 4.97. The maximum Gasteiger partial charge on any atom is 0.326 e. The zero-order valence-electron chi connectivity index (χ0n) is 12.6. The molecule has 6 heteroatoms. The average Bonchev–Trinajstić information content (AvgIpc) is 3.02. The Morgan fingerprint density at radius 3 is 2.73 bits per heavy atom.